The second-order valence-electron chi connectivity index (χ2n) is 2.81. The van der Waals surface area contributed by atoms with E-state index in [4.69, 9.17) is 0 Å². The van der Waals surface area contributed by atoms with Gasteiger partial charge in [-0.2, -0.15) is 0 Å². The first-order valence-electron chi connectivity index (χ1n) is 4.00. The van der Waals surface area contributed by atoms with Gasteiger partial charge in [0.2, 0.25) is 0 Å². The molecule has 0 aliphatic rings. The summed E-state index contributed by atoms with van der Waals surface area (Å²) in [7, 11) is 1.47. The molecule has 0 amide bonds. The lowest BCUT2D eigenvalue weighted by Gasteiger charge is -1.91. The molecule has 0 saturated heterocycles. The summed E-state index contributed by atoms with van der Waals surface area (Å²) < 4.78 is 1.13. The number of aromatic nitrogens is 2. The minimum absolute atomic E-state index is 0.329. The van der Waals surface area contributed by atoms with Gasteiger partial charge in [0, 0.05) is 7.05 Å². The molecule has 1 heterocycles. The Balaban J connectivity index is 3.27. The predicted molar refractivity (Wildman–Crippen MR) is 46.7 cm³/mol. The second kappa shape index (κ2) is 3.42. The molecule has 1 aromatic heterocycles. The van der Waals surface area contributed by atoms with Crippen LogP contribution in [0.4, 0.5) is 5.69 Å². The fourth-order valence-corrected chi connectivity index (χ4v) is 1.21. The number of hydrogen-bond donors (Lipinski definition) is 1. The summed E-state index contributed by atoms with van der Waals surface area (Å²) in [6, 6.07) is 0. The SMILES string of the molecule is CCCc1[nH]n(C)c(=O)c1[N+](=O)[O-]. The molecule has 0 aromatic carbocycles. The zero-order valence-electron chi connectivity index (χ0n) is 7.53. The summed E-state index contributed by atoms with van der Waals surface area (Å²) in [5.41, 5.74) is -0.502. The van der Waals surface area contributed by atoms with Crippen molar-refractivity contribution in [2.75, 3.05) is 0 Å². The summed E-state index contributed by atoms with van der Waals surface area (Å²) in [5.74, 6) is 0. The molecular formula is C7H11N3O3. The lowest BCUT2D eigenvalue weighted by Crippen LogP contribution is -2.14. The van der Waals surface area contributed by atoms with Gasteiger partial charge >= 0.3 is 11.2 Å². The van der Waals surface area contributed by atoms with E-state index in [0.29, 0.717) is 12.1 Å². The van der Waals surface area contributed by atoms with Crippen LogP contribution in [-0.2, 0) is 13.5 Å². The predicted octanol–water partition coefficient (Wildman–Crippen LogP) is 0.574. The van der Waals surface area contributed by atoms with Gasteiger partial charge in [-0.25, -0.2) is 0 Å². The first kappa shape index (κ1) is 9.50. The Morgan fingerprint density at radius 2 is 2.23 bits per heavy atom. The lowest BCUT2D eigenvalue weighted by molar-refractivity contribution is -0.386. The quantitative estimate of drug-likeness (QED) is 0.552. The van der Waals surface area contributed by atoms with Gasteiger partial charge in [0.05, 0.1) is 4.92 Å². The molecule has 0 bridgehead atoms. The van der Waals surface area contributed by atoms with Crippen LogP contribution in [0.2, 0.25) is 0 Å². The molecule has 1 rings (SSSR count). The van der Waals surface area contributed by atoms with E-state index in [0.717, 1.165) is 11.1 Å². The zero-order chi connectivity index (χ0) is 10.0. The molecule has 0 aliphatic heterocycles. The van der Waals surface area contributed by atoms with Gasteiger partial charge in [-0.3, -0.25) is 24.7 Å². The largest absolute Gasteiger partial charge is 0.355 e. The van der Waals surface area contributed by atoms with Crippen LogP contribution >= 0.6 is 0 Å². The van der Waals surface area contributed by atoms with Crippen molar-refractivity contribution in [2.24, 2.45) is 7.05 Å². The van der Waals surface area contributed by atoms with E-state index in [1.807, 2.05) is 6.92 Å². The average molecular weight is 185 g/mol. The zero-order valence-corrected chi connectivity index (χ0v) is 7.53. The number of rotatable bonds is 3. The molecule has 0 unspecified atom stereocenters. The first-order chi connectivity index (χ1) is 6.07. The monoisotopic (exact) mass is 185 g/mol. The van der Waals surface area contributed by atoms with Crippen LogP contribution in [0.25, 0.3) is 0 Å². The molecule has 6 nitrogen and oxygen atoms in total. The number of aromatic amines is 1. The summed E-state index contributed by atoms with van der Waals surface area (Å²) in [5, 5.41) is 13.2. The third-order valence-corrected chi connectivity index (χ3v) is 1.78. The third-order valence-electron chi connectivity index (χ3n) is 1.78. The second-order valence-corrected chi connectivity index (χ2v) is 2.81. The smallest absolute Gasteiger partial charge is 0.293 e. The van der Waals surface area contributed by atoms with Crippen LogP contribution in [0.1, 0.15) is 19.0 Å². The highest BCUT2D eigenvalue weighted by Gasteiger charge is 2.22. The van der Waals surface area contributed by atoms with E-state index in [2.05, 4.69) is 5.10 Å². The van der Waals surface area contributed by atoms with E-state index in [1.54, 1.807) is 0 Å². The van der Waals surface area contributed by atoms with Crippen molar-refractivity contribution in [3.05, 3.63) is 26.2 Å². The fraction of sp³-hybridized carbons (Fsp3) is 0.571. The number of nitro groups is 1. The van der Waals surface area contributed by atoms with Gasteiger partial charge < -0.3 is 0 Å². The molecule has 0 fully saturated rings. The topological polar surface area (TPSA) is 80.9 Å². The highest BCUT2D eigenvalue weighted by molar-refractivity contribution is 5.32. The van der Waals surface area contributed by atoms with Gasteiger partial charge in [0.15, 0.2) is 0 Å². The van der Waals surface area contributed by atoms with E-state index in [-0.39, 0.29) is 5.69 Å². The maximum absolute atomic E-state index is 11.2. The maximum Gasteiger partial charge on any atom is 0.355 e. The van der Waals surface area contributed by atoms with Gasteiger partial charge in [-0.15, -0.1) is 0 Å². The van der Waals surface area contributed by atoms with E-state index in [1.165, 1.54) is 7.05 Å². The van der Waals surface area contributed by atoms with E-state index >= 15 is 0 Å². The molecule has 13 heavy (non-hydrogen) atoms. The Labute approximate surface area is 74.3 Å². The summed E-state index contributed by atoms with van der Waals surface area (Å²) in [4.78, 5) is 21.1. The Bertz CT molecular complexity index is 377. The molecular weight excluding hydrogens is 174 g/mol. The van der Waals surface area contributed by atoms with Crippen LogP contribution in [-0.4, -0.2) is 14.7 Å². The fourth-order valence-electron chi connectivity index (χ4n) is 1.21. The number of H-pyrrole nitrogens is 1. The Morgan fingerprint density at radius 3 is 2.69 bits per heavy atom. The molecule has 1 N–H and O–H groups in total. The van der Waals surface area contributed by atoms with Gasteiger partial charge in [-0.05, 0) is 6.42 Å². The number of nitrogens with one attached hydrogen (secondary N) is 1. The molecule has 0 radical (unpaired) electrons. The normalized spacial score (nSPS) is 10.3. The summed E-state index contributed by atoms with van der Waals surface area (Å²) in [6.45, 7) is 1.90. The summed E-state index contributed by atoms with van der Waals surface area (Å²) in [6.07, 6.45) is 1.28. The average Bonchev–Trinajstić information content (AvgIpc) is 2.28. The molecule has 0 aliphatic carbocycles. The van der Waals surface area contributed by atoms with Gasteiger partial charge in [-0.1, -0.05) is 13.3 Å². The molecule has 6 heteroatoms. The van der Waals surface area contributed by atoms with Crippen molar-refractivity contribution in [1.29, 1.82) is 0 Å². The van der Waals surface area contributed by atoms with Crippen LogP contribution in [0, 0.1) is 10.1 Å². The molecule has 0 atom stereocenters. The van der Waals surface area contributed by atoms with Crippen LogP contribution < -0.4 is 5.56 Å². The minimum Gasteiger partial charge on any atom is -0.293 e. The van der Waals surface area contributed by atoms with Crippen molar-refractivity contribution in [1.82, 2.24) is 9.78 Å². The minimum atomic E-state index is -0.635. The number of aryl methyl sites for hydroxylation is 2. The third kappa shape index (κ3) is 1.61. The van der Waals surface area contributed by atoms with Gasteiger partial charge in [0.1, 0.15) is 5.69 Å². The standard InChI is InChI=1S/C7H11N3O3/c1-3-4-5-6(10(12)13)7(11)9(2)8-5/h8H,3-4H2,1-2H3. The molecule has 0 spiro atoms. The number of hydrogen-bond acceptors (Lipinski definition) is 3. The van der Waals surface area contributed by atoms with Crippen LogP contribution in [0.3, 0.4) is 0 Å². The summed E-state index contributed by atoms with van der Waals surface area (Å²) >= 11 is 0. The number of nitrogens with zero attached hydrogens (tertiary/aromatic N) is 2. The van der Waals surface area contributed by atoms with Gasteiger partial charge in [0.25, 0.3) is 0 Å². The highest BCUT2D eigenvalue weighted by atomic mass is 16.6. The van der Waals surface area contributed by atoms with Crippen molar-refractivity contribution in [2.45, 2.75) is 19.8 Å². The Morgan fingerprint density at radius 1 is 1.62 bits per heavy atom. The van der Waals surface area contributed by atoms with Crippen molar-refractivity contribution >= 4 is 5.69 Å². The molecule has 72 valence electrons. The van der Waals surface area contributed by atoms with Crippen molar-refractivity contribution < 1.29 is 4.92 Å². The van der Waals surface area contributed by atoms with E-state index in [9.17, 15) is 14.9 Å². The highest BCUT2D eigenvalue weighted by Crippen LogP contribution is 2.11. The first-order valence-corrected chi connectivity index (χ1v) is 4.00. The van der Waals surface area contributed by atoms with E-state index < -0.39 is 10.5 Å². The van der Waals surface area contributed by atoms with Crippen LogP contribution in [0.15, 0.2) is 4.79 Å². The van der Waals surface area contributed by atoms with Crippen molar-refractivity contribution in [3.8, 4) is 0 Å². The molecule has 1 aromatic rings. The van der Waals surface area contributed by atoms with Crippen molar-refractivity contribution in [3.63, 3.8) is 0 Å². The Kier molecular flexibility index (Phi) is 2.50. The molecule has 0 saturated carbocycles. The lowest BCUT2D eigenvalue weighted by atomic mass is 10.2. The maximum atomic E-state index is 11.2. The van der Waals surface area contributed by atoms with Crippen LogP contribution in [0.5, 0.6) is 0 Å². The Hall–Kier alpha value is -1.59.